The number of unbranched alkanes of at least 4 members (excludes halogenated alkanes) is 9. The SMILES string of the molecule is O=C(O)CCCCCCCCCCCCC(CCC(=O)O)[N+](=O)[O-]. The van der Waals surface area contributed by atoms with Crippen LogP contribution in [0.5, 0.6) is 0 Å². The molecule has 0 aromatic carbocycles. The molecule has 0 aliphatic rings. The van der Waals surface area contributed by atoms with Crippen molar-refractivity contribution in [3.05, 3.63) is 10.1 Å². The smallest absolute Gasteiger partial charge is 0.303 e. The number of hydrogen-bond acceptors (Lipinski definition) is 4. The second-order valence-electron chi connectivity index (χ2n) is 6.34. The van der Waals surface area contributed by atoms with Crippen LogP contribution in [0.15, 0.2) is 0 Å². The second-order valence-corrected chi connectivity index (χ2v) is 6.34. The average molecular weight is 345 g/mol. The first-order chi connectivity index (χ1) is 11.4. The topological polar surface area (TPSA) is 118 Å². The fraction of sp³-hybridized carbons (Fsp3) is 0.882. The zero-order chi connectivity index (χ0) is 18.2. The molecule has 0 aromatic rings. The summed E-state index contributed by atoms with van der Waals surface area (Å²) in [4.78, 5) is 31.3. The summed E-state index contributed by atoms with van der Waals surface area (Å²) in [6, 6.07) is -0.730. The molecule has 0 saturated carbocycles. The van der Waals surface area contributed by atoms with Crippen molar-refractivity contribution in [2.24, 2.45) is 0 Å². The van der Waals surface area contributed by atoms with Crippen molar-refractivity contribution in [1.29, 1.82) is 0 Å². The van der Waals surface area contributed by atoms with Gasteiger partial charge in [-0.3, -0.25) is 19.7 Å². The summed E-state index contributed by atoms with van der Waals surface area (Å²) in [5, 5.41) is 27.9. The standard InChI is InChI=1S/C17H31NO6/c19-16(20)12-10-8-6-4-2-1-3-5-7-9-11-15(18(23)24)13-14-17(21)22/h15H,1-14H2,(H,19,20)(H,21,22). The van der Waals surface area contributed by atoms with Gasteiger partial charge < -0.3 is 10.2 Å². The monoisotopic (exact) mass is 345 g/mol. The van der Waals surface area contributed by atoms with Gasteiger partial charge >= 0.3 is 11.9 Å². The van der Waals surface area contributed by atoms with Crippen molar-refractivity contribution in [3.8, 4) is 0 Å². The summed E-state index contributed by atoms with van der Waals surface area (Å²) >= 11 is 0. The molecule has 0 radical (unpaired) electrons. The van der Waals surface area contributed by atoms with Gasteiger partial charge in [0.15, 0.2) is 0 Å². The molecule has 2 N–H and O–H groups in total. The van der Waals surface area contributed by atoms with E-state index in [1.165, 1.54) is 0 Å². The van der Waals surface area contributed by atoms with Crippen LogP contribution in [0.4, 0.5) is 0 Å². The van der Waals surface area contributed by atoms with Crippen molar-refractivity contribution in [3.63, 3.8) is 0 Å². The summed E-state index contributed by atoms with van der Waals surface area (Å²) < 4.78 is 0. The minimum absolute atomic E-state index is 0.115. The largest absolute Gasteiger partial charge is 0.481 e. The molecule has 0 fully saturated rings. The zero-order valence-electron chi connectivity index (χ0n) is 14.5. The van der Waals surface area contributed by atoms with Crippen LogP contribution >= 0.6 is 0 Å². The van der Waals surface area contributed by atoms with Crippen LogP contribution in [0.3, 0.4) is 0 Å². The van der Waals surface area contributed by atoms with Crippen LogP contribution in [-0.2, 0) is 9.59 Å². The van der Waals surface area contributed by atoms with E-state index in [0.29, 0.717) is 6.42 Å². The Bertz CT molecular complexity index is 372. The second kappa shape index (κ2) is 14.9. The fourth-order valence-electron chi connectivity index (χ4n) is 2.72. The van der Waals surface area contributed by atoms with E-state index in [2.05, 4.69) is 0 Å². The van der Waals surface area contributed by atoms with Gasteiger partial charge in [-0.2, -0.15) is 0 Å². The molecule has 0 rings (SSSR count). The van der Waals surface area contributed by atoms with E-state index in [4.69, 9.17) is 10.2 Å². The van der Waals surface area contributed by atoms with Crippen molar-refractivity contribution < 1.29 is 24.7 Å². The van der Waals surface area contributed by atoms with Crippen LogP contribution in [-0.4, -0.2) is 33.1 Å². The minimum Gasteiger partial charge on any atom is -0.481 e. The summed E-state index contributed by atoms with van der Waals surface area (Å²) in [5.74, 6) is -1.71. The van der Waals surface area contributed by atoms with Gasteiger partial charge in [0.25, 0.3) is 0 Å². The zero-order valence-corrected chi connectivity index (χ0v) is 14.5. The molecule has 24 heavy (non-hydrogen) atoms. The van der Waals surface area contributed by atoms with E-state index >= 15 is 0 Å². The maximum Gasteiger partial charge on any atom is 0.303 e. The van der Waals surface area contributed by atoms with Crippen LogP contribution in [0, 0.1) is 10.1 Å². The highest BCUT2D eigenvalue weighted by molar-refractivity contribution is 5.66. The van der Waals surface area contributed by atoms with Gasteiger partial charge in [0.2, 0.25) is 6.04 Å². The predicted molar refractivity (Wildman–Crippen MR) is 90.7 cm³/mol. The van der Waals surface area contributed by atoms with E-state index in [1.54, 1.807) is 0 Å². The minimum atomic E-state index is -0.982. The maximum absolute atomic E-state index is 10.8. The van der Waals surface area contributed by atoms with Gasteiger partial charge in [-0.05, 0) is 12.8 Å². The first-order valence-electron chi connectivity index (χ1n) is 9.00. The molecule has 0 aromatic heterocycles. The predicted octanol–water partition coefficient (Wildman–Crippen LogP) is 4.26. The van der Waals surface area contributed by atoms with Gasteiger partial charge in [-0.25, -0.2) is 0 Å². The molecule has 0 aliphatic heterocycles. The fourth-order valence-corrected chi connectivity index (χ4v) is 2.72. The van der Waals surface area contributed by atoms with Gasteiger partial charge in [0.1, 0.15) is 0 Å². The average Bonchev–Trinajstić information content (AvgIpc) is 2.50. The molecule has 140 valence electrons. The number of aliphatic carboxylic acids is 2. The molecule has 7 nitrogen and oxygen atoms in total. The van der Waals surface area contributed by atoms with E-state index < -0.39 is 18.0 Å². The molecule has 7 heteroatoms. The number of carboxylic acids is 2. The lowest BCUT2D eigenvalue weighted by Gasteiger charge is -2.08. The molecule has 1 atom stereocenters. The molecule has 0 amide bonds. The van der Waals surface area contributed by atoms with Gasteiger partial charge in [-0.1, -0.05) is 51.4 Å². The lowest BCUT2D eigenvalue weighted by Crippen LogP contribution is -2.20. The van der Waals surface area contributed by atoms with Crippen molar-refractivity contribution in [2.45, 2.75) is 95.9 Å². The van der Waals surface area contributed by atoms with Gasteiger partial charge in [0, 0.05) is 24.2 Å². The van der Waals surface area contributed by atoms with E-state index in [1.807, 2.05) is 0 Å². The quantitative estimate of drug-likeness (QED) is 0.231. The Morgan fingerprint density at radius 1 is 0.708 bits per heavy atom. The van der Waals surface area contributed by atoms with E-state index in [9.17, 15) is 19.7 Å². The van der Waals surface area contributed by atoms with Crippen molar-refractivity contribution in [1.82, 2.24) is 0 Å². The molecule has 0 spiro atoms. The first kappa shape index (κ1) is 22.3. The highest BCUT2D eigenvalue weighted by Crippen LogP contribution is 2.15. The lowest BCUT2D eigenvalue weighted by molar-refractivity contribution is -0.524. The highest BCUT2D eigenvalue weighted by atomic mass is 16.6. The summed E-state index contributed by atoms with van der Waals surface area (Å²) in [6.45, 7) is 0. The summed E-state index contributed by atoms with van der Waals surface area (Å²) in [7, 11) is 0. The maximum atomic E-state index is 10.8. The van der Waals surface area contributed by atoms with E-state index in [-0.39, 0.29) is 24.2 Å². The Morgan fingerprint density at radius 2 is 1.12 bits per heavy atom. The highest BCUT2D eigenvalue weighted by Gasteiger charge is 2.20. The summed E-state index contributed by atoms with van der Waals surface area (Å²) in [6.07, 6.45) is 10.9. The number of hydrogen-bond donors (Lipinski definition) is 2. The van der Waals surface area contributed by atoms with Crippen molar-refractivity contribution in [2.75, 3.05) is 0 Å². The van der Waals surface area contributed by atoms with Crippen LogP contribution < -0.4 is 0 Å². The first-order valence-corrected chi connectivity index (χ1v) is 9.00. The normalized spacial score (nSPS) is 12.0. The van der Waals surface area contributed by atoms with Crippen LogP contribution in [0.1, 0.15) is 89.9 Å². The Kier molecular flexibility index (Phi) is 13.9. The molecule has 0 saturated heterocycles. The lowest BCUT2D eigenvalue weighted by atomic mass is 10.0. The molecule has 1 unspecified atom stereocenters. The molecule has 0 aliphatic carbocycles. The van der Waals surface area contributed by atoms with Gasteiger partial charge in [-0.15, -0.1) is 0 Å². The Balaban J connectivity index is 3.41. The number of nitrogens with zero attached hydrogens (tertiary/aromatic N) is 1. The van der Waals surface area contributed by atoms with Crippen LogP contribution in [0.25, 0.3) is 0 Å². The molecular formula is C17H31NO6. The van der Waals surface area contributed by atoms with E-state index in [0.717, 1.165) is 64.2 Å². The van der Waals surface area contributed by atoms with Crippen LogP contribution in [0.2, 0.25) is 0 Å². The molecule has 0 heterocycles. The number of rotatable bonds is 17. The van der Waals surface area contributed by atoms with Crippen molar-refractivity contribution >= 4 is 11.9 Å². The third-order valence-electron chi connectivity index (χ3n) is 4.17. The Morgan fingerprint density at radius 3 is 1.54 bits per heavy atom. The Labute approximate surface area is 143 Å². The number of carbonyl (C=O) groups is 2. The Hall–Kier alpha value is -1.66. The number of nitro groups is 1. The number of carboxylic acid groups (broad SMARTS) is 2. The van der Waals surface area contributed by atoms with Gasteiger partial charge in [0.05, 0.1) is 6.42 Å². The molecule has 0 bridgehead atoms. The third-order valence-corrected chi connectivity index (χ3v) is 4.17. The molecular weight excluding hydrogens is 314 g/mol. The third kappa shape index (κ3) is 15.2. The summed E-state index contributed by atoms with van der Waals surface area (Å²) in [5.41, 5.74) is 0.